The van der Waals surface area contributed by atoms with E-state index in [1.54, 1.807) is 6.92 Å². The van der Waals surface area contributed by atoms with Gasteiger partial charge in [0.1, 0.15) is 5.75 Å². The molecule has 0 aromatic heterocycles. The van der Waals surface area contributed by atoms with E-state index in [0.717, 1.165) is 35.7 Å². The second-order valence-corrected chi connectivity index (χ2v) is 5.78. The highest BCUT2D eigenvalue weighted by Gasteiger charge is 2.21. The summed E-state index contributed by atoms with van der Waals surface area (Å²) in [5, 5.41) is 19.1. The molecule has 1 unspecified atom stereocenters. The van der Waals surface area contributed by atoms with Crippen LogP contribution in [0.1, 0.15) is 36.5 Å². The molecule has 0 heterocycles. The average Bonchev–Trinajstić information content (AvgIpc) is 2.35. The van der Waals surface area contributed by atoms with Gasteiger partial charge in [0.2, 0.25) is 0 Å². The zero-order valence-corrected chi connectivity index (χ0v) is 12.0. The Morgan fingerprint density at radius 1 is 1.44 bits per heavy atom. The maximum absolute atomic E-state index is 10.9. The summed E-state index contributed by atoms with van der Waals surface area (Å²) in [6.07, 6.45) is 4.68. The van der Waals surface area contributed by atoms with Gasteiger partial charge in [0.15, 0.2) is 0 Å². The Bertz CT molecular complexity index is 482. The minimum atomic E-state index is -0.830. The van der Waals surface area contributed by atoms with E-state index in [4.69, 9.17) is 5.11 Å². The fourth-order valence-electron chi connectivity index (χ4n) is 2.47. The molecule has 2 N–H and O–H groups in total. The summed E-state index contributed by atoms with van der Waals surface area (Å²) in [7, 11) is 0. The second kappa shape index (κ2) is 5.31. The molecular formula is C14H17BrO3. The average molecular weight is 313 g/mol. The molecule has 18 heavy (non-hydrogen) atoms. The quantitative estimate of drug-likeness (QED) is 0.900. The molecule has 0 bridgehead atoms. The van der Waals surface area contributed by atoms with Gasteiger partial charge < -0.3 is 10.2 Å². The number of carboxylic acid groups (broad SMARTS) is 1. The van der Waals surface area contributed by atoms with Crippen molar-refractivity contribution in [1.82, 2.24) is 0 Å². The third kappa shape index (κ3) is 2.53. The fraction of sp³-hybridized carbons (Fsp3) is 0.500. The number of halogens is 1. The number of carboxylic acids is 1. The molecule has 1 aromatic rings. The van der Waals surface area contributed by atoms with Crippen molar-refractivity contribution in [1.29, 1.82) is 0 Å². The highest BCUT2D eigenvalue weighted by Crippen LogP contribution is 2.38. The lowest BCUT2D eigenvalue weighted by Gasteiger charge is -2.20. The molecular weight excluding hydrogens is 296 g/mol. The molecule has 2 rings (SSSR count). The van der Waals surface area contributed by atoms with Gasteiger partial charge in [-0.1, -0.05) is 13.0 Å². The predicted molar refractivity (Wildman–Crippen MR) is 73.0 cm³/mol. The number of phenolic OH excluding ortho intramolecular Hbond substituents is 1. The van der Waals surface area contributed by atoms with Crippen LogP contribution in [0.5, 0.6) is 5.75 Å². The van der Waals surface area contributed by atoms with Gasteiger partial charge >= 0.3 is 5.97 Å². The minimum Gasteiger partial charge on any atom is -0.506 e. The van der Waals surface area contributed by atoms with Gasteiger partial charge in [0, 0.05) is 0 Å². The molecule has 1 aromatic carbocycles. The largest absolute Gasteiger partial charge is 0.506 e. The van der Waals surface area contributed by atoms with E-state index in [9.17, 15) is 9.90 Å². The lowest BCUT2D eigenvalue weighted by atomic mass is 9.88. The number of hydrogen-bond donors (Lipinski definition) is 2. The molecule has 98 valence electrons. The van der Waals surface area contributed by atoms with Crippen molar-refractivity contribution in [3.05, 3.63) is 27.2 Å². The molecule has 1 aliphatic rings. The first-order valence-electron chi connectivity index (χ1n) is 6.25. The van der Waals surface area contributed by atoms with E-state index in [1.807, 2.05) is 6.07 Å². The van der Waals surface area contributed by atoms with Gasteiger partial charge in [-0.15, -0.1) is 0 Å². The van der Waals surface area contributed by atoms with Crippen molar-refractivity contribution in [2.45, 2.75) is 39.0 Å². The molecule has 0 radical (unpaired) electrons. The smallest absolute Gasteiger partial charge is 0.306 e. The third-order valence-electron chi connectivity index (χ3n) is 3.58. The Balaban J connectivity index is 2.37. The number of aryl methyl sites for hydroxylation is 1. The molecule has 1 aliphatic carbocycles. The SMILES string of the molecule is CC(Cc1cc2c(c(Br)c1O)CCCC2)C(=O)O. The summed E-state index contributed by atoms with van der Waals surface area (Å²) in [4.78, 5) is 10.9. The lowest BCUT2D eigenvalue weighted by Crippen LogP contribution is -2.13. The van der Waals surface area contributed by atoms with Crippen LogP contribution in [0.15, 0.2) is 10.5 Å². The van der Waals surface area contributed by atoms with Crippen LogP contribution in [-0.2, 0) is 24.1 Å². The zero-order valence-electron chi connectivity index (χ0n) is 10.4. The number of aromatic hydroxyl groups is 1. The Hall–Kier alpha value is -1.03. The van der Waals surface area contributed by atoms with Gasteiger partial charge in [0.25, 0.3) is 0 Å². The number of carbonyl (C=O) groups is 1. The maximum atomic E-state index is 10.9. The van der Waals surface area contributed by atoms with Crippen molar-refractivity contribution >= 4 is 21.9 Å². The summed E-state index contributed by atoms with van der Waals surface area (Å²) in [6, 6.07) is 1.98. The van der Waals surface area contributed by atoms with E-state index in [1.165, 1.54) is 11.1 Å². The normalized spacial score (nSPS) is 16.1. The van der Waals surface area contributed by atoms with Gasteiger partial charge in [-0.2, -0.15) is 0 Å². The van der Waals surface area contributed by atoms with E-state index in [2.05, 4.69) is 15.9 Å². The summed E-state index contributed by atoms with van der Waals surface area (Å²) < 4.78 is 0.757. The number of phenols is 1. The van der Waals surface area contributed by atoms with E-state index >= 15 is 0 Å². The van der Waals surface area contributed by atoms with Crippen LogP contribution in [0.25, 0.3) is 0 Å². The highest BCUT2D eigenvalue weighted by molar-refractivity contribution is 9.10. The zero-order chi connectivity index (χ0) is 13.3. The molecule has 0 saturated heterocycles. The topological polar surface area (TPSA) is 57.5 Å². The maximum Gasteiger partial charge on any atom is 0.306 e. The molecule has 0 spiro atoms. The molecule has 0 amide bonds. The highest BCUT2D eigenvalue weighted by atomic mass is 79.9. The molecule has 0 fully saturated rings. The second-order valence-electron chi connectivity index (χ2n) is 4.99. The van der Waals surface area contributed by atoms with Crippen LogP contribution in [0.3, 0.4) is 0 Å². The summed E-state index contributed by atoms with van der Waals surface area (Å²) in [6.45, 7) is 1.66. The van der Waals surface area contributed by atoms with Crippen molar-refractivity contribution in [2.24, 2.45) is 5.92 Å². The van der Waals surface area contributed by atoms with Gasteiger partial charge in [-0.3, -0.25) is 4.79 Å². The number of hydrogen-bond acceptors (Lipinski definition) is 2. The van der Waals surface area contributed by atoms with Crippen LogP contribution < -0.4 is 0 Å². The van der Waals surface area contributed by atoms with Crippen molar-refractivity contribution in [3.8, 4) is 5.75 Å². The van der Waals surface area contributed by atoms with Crippen LogP contribution in [0.4, 0.5) is 0 Å². The Kier molecular flexibility index (Phi) is 3.95. The van der Waals surface area contributed by atoms with Gasteiger partial charge in [-0.25, -0.2) is 0 Å². The Morgan fingerprint density at radius 3 is 2.78 bits per heavy atom. The standard InChI is InChI=1S/C14H17BrO3/c1-8(14(17)18)6-10-7-9-4-2-3-5-11(9)12(15)13(10)16/h7-8,16H,2-6H2,1H3,(H,17,18). The van der Waals surface area contributed by atoms with Crippen molar-refractivity contribution in [2.75, 3.05) is 0 Å². The van der Waals surface area contributed by atoms with Crippen LogP contribution >= 0.6 is 15.9 Å². The fourth-order valence-corrected chi connectivity index (χ4v) is 3.18. The first-order chi connectivity index (χ1) is 8.50. The molecule has 4 heteroatoms. The van der Waals surface area contributed by atoms with Gasteiger partial charge in [0.05, 0.1) is 10.4 Å². The molecule has 3 nitrogen and oxygen atoms in total. The first-order valence-corrected chi connectivity index (χ1v) is 7.05. The Morgan fingerprint density at radius 2 is 2.11 bits per heavy atom. The minimum absolute atomic E-state index is 0.212. The van der Waals surface area contributed by atoms with Gasteiger partial charge in [-0.05, 0) is 64.7 Å². The number of rotatable bonds is 3. The summed E-state index contributed by atoms with van der Waals surface area (Å²) >= 11 is 3.45. The number of fused-ring (bicyclic) bond motifs is 1. The van der Waals surface area contributed by atoms with E-state index in [-0.39, 0.29) is 5.75 Å². The lowest BCUT2D eigenvalue weighted by molar-refractivity contribution is -0.141. The van der Waals surface area contributed by atoms with Crippen LogP contribution in [0, 0.1) is 5.92 Å². The number of benzene rings is 1. The van der Waals surface area contributed by atoms with Crippen LogP contribution in [-0.4, -0.2) is 16.2 Å². The molecule has 0 saturated carbocycles. The summed E-state index contributed by atoms with van der Waals surface area (Å²) in [5.41, 5.74) is 3.17. The third-order valence-corrected chi connectivity index (χ3v) is 4.44. The van der Waals surface area contributed by atoms with Crippen molar-refractivity contribution in [3.63, 3.8) is 0 Å². The first kappa shape index (κ1) is 13.4. The van der Waals surface area contributed by atoms with Crippen molar-refractivity contribution < 1.29 is 15.0 Å². The number of aliphatic carboxylic acids is 1. The van der Waals surface area contributed by atoms with E-state index < -0.39 is 11.9 Å². The monoisotopic (exact) mass is 312 g/mol. The molecule has 0 aliphatic heterocycles. The van der Waals surface area contributed by atoms with Crippen LogP contribution in [0.2, 0.25) is 0 Å². The van der Waals surface area contributed by atoms with E-state index in [0.29, 0.717) is 6.42 Å². The predicted octanol–water partition coefficient (Wildman–Crippen LogP) is 3.30. The molecule has 1 atom stereocenters. The summed E-state index contributed by atoms with van der Waals surface area (Å²) in [5.74, 6) is -1.10. The Labute approximate surface area is 115 Å².